The number of morpholine rings is 1. The summed E-state index contributed by atoms with van der Waals surface area (Å²) in [6.07, 6.45) is 0. The molecule has 0 unspecified atom stereocenters. The third kappa shape index (κ3) is 4.78. The minimum absolute atomic E-state index is 0.0925. The summed E-state index contributed by atoms with van der Waals surface area (Å²) in [5.41, 5.74) is 0.892. The van der Waals surface area contributed by atoms with Crippen LogP contribution < -0.4 is 9.46 Å². The highest BCUT2D eigenvalue weighted by atomic mass is 32.2. The summed E-state index contributed by atoms with van der Waals surface area (Å²) in [5.74, 6) is 0.549. The van der Waals surface area contributed by atoms with Crippen LogP contribution >= 0.6 is 0 Å². The number of anilines is 1. The van der Waals surface area contributed by atoms with Gasteiger partial charge in [0.2, 0.25) is 0 Å². The summed E-state index contributed by atoms with van der Waals surface area (Å²) in [7, 11) is -3.74. The van der Waals surface area contributed by atoms with Crippen LogP contribution in [0.2, 0.25) is 0 Å². The summed E-state index contributed by atoms with van der Waals surface area (Å²) in [6.45, 7) is 4.54. The molecule has 27 heavy (non-hydrogen) atoms. The standard InChI is InChI=1S/C19H22N2O5S/c1-2-26-17-7-5-16(6-8-17)20-27(23,24)18-9-3-15(4-10-18)19(22)21-11-13-25-14-12-21/h3-10,20H,2,11-14H2,1H3. The Morgan fingerprint density at radius 2 is 1.70 bits per heavy atom. The number of hydrogen-bond donors (Lipinski definition) is 1. The fourth-order valence-electron chi connectivity index (χ4n) is 2.73. The Kier molecular flexibility index (Phi) is 5.98. The Hall–Kier alpha value is -2.58. The Morgan fingerprint density at radius 1 is 1.07 bits per heavy atom. The minimum atomic E-state index is -3.74. The molecular formula is C19H22N2O5S. The van der Waals surface area contributed by atoms with Crippen molar-refractivity contribution in [1.82, 2.24) is 4.90 Å². The van der Waals surface area contributed by atoms with E-state index < -0.39 is 10.0 Å². The van der Waals surface area contributed by atoms with Gasteiger partial charge in [0.15, 0.2) is 0 Å². The zero-order chi connectivity index (χ0) is 19.3. The largest absolute Gasteiger partial charge is 0.494 e. The van der Waals surface area contributed by atoms with E-state index in [0.29, 0.717) is 49.9 Å². The van der Waals surface area contributed by atoms with E-state index in [-0.39, 0.29) is 10.8 Å². The monoisotopic (exact) mass is 390 g/mol. The Morgan fingerprint density at radius 3 is 2.30 bits per heavy atom. The predicted molar refractivity (Wildman–Crippen MR) is 102 cm³/mol. The summed E-state index contributed by atoms with van der Waals surface area (Å²) in [5, 5.41) is 0. The lowest BCUT2D eigenvalue weighted by Crippen LogP contribution is -2.40. The van der Waals surface area contributed by atoms with Crippen LogP contribution in [-0.4, -0.2) is 52.1 Å². The number of nitrogens with one attached hydrogen (secondary N) is 1. The van der Waals surface area contributed by atoms with Gasteiger partial charge in [0.1, 0.15) is 5.75 Å². The van der Waals surface area contributed by atoms with Gasteiger partial charge in [0.25, 0.3) is 15.9 Å². The van der Waals surface area contributed by atoms with Gasteiger partial charge in [-0.15, -0.1) is 0 Å². The normalized spacial score (nSPS) is 14.6. The van der Waals surface area contributed by atoms with E-state index in [2.05, 4.69) is 4.72 Å². The Bertz CT molecular complexity index is 873. The average molecular weight is 390 g/mol. The number of hydrogen-bond acceptors (Lipinski definition) is 5. The number of rotatable bonds is 6. The van der Waals surface area contributed by atoms with Crippen molar-refractivity contribution in [3.8, 4) is 5.75 Å². The second-order valence-electron chi connectivity index (χ2n) is 5.99. The number of sulfonamides is 1. The molecule has 7 nitrogen and oxygen atoms in total. The van der Waals surface area contributed by atoms with E-state index in [4.69, 9.17) is 9.47 Å². The molecular weight excluding hydrogens is 368 g/mol. The minimum Gasteiger partial charge on any atom is -0.494 e. The van der Waals surface area contributed by atoms with Crippen molar-refractivity contribution in [2.45, 2.75) is 11.8 Å². The van der Waals surface area contributed by atoms with Crippen molar-refractivity contribution in [3.63, 3.8) is 0 Å². The number of amides is 1. The summed E-state index contributed by atoms with van der Waals surface area (Å²) in [6, 6.07) is 12.6. The van der Waals surface area contributed by atoms with Crippen molar-refractivity contribution >= 4 is 21.6 Å². The fraction of sp³-hybridized carbons (Fsp3) is 0.316. The number of benzene rings is 2. The maximum atomic E-state index is 12.5. The van der Waals surface area contributed by atoms with Crippen LogP contribution in [0.5, 0.6) is 5.75 Å². The average Bonchev–Trinajstić information content (AvgIpc) is 2.70. The SMILES string of the molecule is CCOc1ccc(NS(=O)(=O)c2ccc(C(=O)N3CCOCC3)cc2)cc1. The molecule has 1 fully saturated rings. The maximum Gasteiger partial charge on any atom is 0.261 e. The maximum absolute atomic E-state index is 12.5. The first kappa shape index (κ1) is 19.2. The molecule has 1 aliphatic heterocycles. The highest BCUT2D eigenvalue weighted by Crippen LogP contribution is 2.20. The van der Waals surface area contributed by atoms with Gasteiger partial charge in [-0.2, -0.15) is 0 Å². The molecule has 0 spiro atoms. The molecule has 1 saturated heterocycles. The summed E-state index contributed by atoms with van der Waals surface area (Å²) in [4.78, 5) is 14.2. The number of nitrogens with zero attached hydrogens (tertiary/aromatic N) is 1. The van der Waals surface area contributed by atoms with E-state index in [1.807, 2.05) is 6.92 Å². The van der Waals surface area contributed by atoms with Crippen molar-refractivity contribution < 1.29 is 22.7 Å². The third-order valence-corrected chi connectivity index (χ3v) is 5.52. The topological polar surface area (TPSA) is 84.9 Å². The van der Waals surface area contributed by atoms with Crippen LogP contribution in [0.3, 0.4) is 0 Å². The number of ether oxygens (including phenoxy) is 2. The van der Waals surface area contributed by atoms with E-state index in [1.165, 1.54) is 24.3 Å². The first-order chi connectivity index (χ1) is 13.0. The van der Waals surface area contributed by atoms with Crippen LogP contribution in [0.15, 0.2) is 53.4 Å². The first-order valence-electron chi connectivity index (χ1n) is 8.72. The molecule has 1 N–H and O–H groups in total. The summed E-state index contributed by atoms with van der Waals surface area (Å²) < 4.78 is 38.2. The molecule has 0 aromatic heterocycles. The fourth-order valence-corrected chi connectivity index (χ4v) is 3.78. The molecule has 3 rings (SSSR count). The zero-order valence-electron chi connectivity index (χ0n) is 15.1. The lowest BCUT2D eigenvalue weighted by molar-refractivity contribution is 0.0303. The molecule has 0 radical (unpaired) electrons. The van der Waals surface area contributed by atoms with E-state index >= 15 is 0 Å². The molecule has 0 atom stereocenters. The molecule has 1 heterocycles. The molecule has 0 saturated carbocycles. The Labute approximate surface area is 158 Å². The van der Waals surface area contributed by atoms with E-state index in [0.717, 1.165) is 0 Å². The highest BCUT2D eigenvalue weighted by molar-refractivity contribution is 7.92. The molecule has 0 aliphatic carbocycles. The molecule has 2 aromatic rings. The third-order valence-electron chi connectivity index (χ3n) is 4.13. The van der Waals surface area contributed by atoms with Crippen molar-refractivity contribution in [3.05, 3.63) is 54.1 Å². The molecule has 2 aromatic carbocycles. The van der Waals surface area contributed by atoms with Gasteiger partial charge in [0.05, 0.1) is 24.7 Å². The molecule has 0 bridgehead atoms. The van der Waals surface area contributed by atoms with Gasteiger partial charge >= 0.3 is 0 Å². The molecule has 1 amide bonds. The van der Waals surface area contributed by atoms with Crippen molar-refractivity contribution in [2.75, 3.05) is 37.6 Å². The predicted octanol–water partition coefficient (Wildman–Crippen LogP) is 2.36. The van der Waals surface area contributed by atoms with Crippen LogP contribution in [0.25, 0.3) is 0 Å². The quantitative estimate of drug-likeness (QED) is 0.818. The van der Waals surface area contributed by atoms with Crippen molar-refractivity contribution in [2.24, 2.45) is 0 Å². The number of carbonyl (C=O) groups excluding carboxylic acids is 1. The highest BCUT2D eigenvalue weighted by Gasteiger charge is 2.20. The van der Waals surface area contributed by atoms with Gasteiger partial charge in [-0.25, -0.2) is 8.42 Å². The van der Waals surface area contributed by atoms with Crippen LogP contribution in [0, 0.1) is 0 Å². The van der Waals surface area contributed by atoms with Gasteiger partial charge < -0.3 is 14.4 Å². The van der Waals surface area contributed by atoms with Crippen molar-refractivity contribution in [1.29, 1.82) is 0 Å². The van der Waals surface area contributed by atoms with Crippen LogP contribution in [-0.2, 0) is 14.8 Å². The van der Waals surface area contributed by atoms with Crippen LogP contribution in [0.4, 0.5) is 5.69 Å². The molecule has 144 valence electrons. The molecule has 8 heteroatoms. The number of carbonyl (C=O) groups is 1. The van der Waals surface area contributed by atoms with E-state index in [9.17, 15) is 13.2 Å². The second-order valence-corrected chi connectivity index (χ2v) is 7.67. The summed E-state index contributed by atoms with van der Waals surface area (Å²) >= 11 is 0. The van der Waals surface area contributed by atoms with E-state index in [1.54, 1.807) is 29.2 Å². The zero-order valence-corrected chi connectivity index (χ0v) is 15.9. The first-order valence-corrected chi connectivity index (χ1v) is 10.2. The van der Waals surface area contributed by atoms with Gasteiger partial charge in [0, 0.05) is 24.3 Å². The van der Waals surface area contributed by atoms with Gasteiger partial charge in [-0.05, 0) is 55.5 Å². The van der Waals surface area contributed by atoms with Gasteiger partial charge in [-0.3, -0.25) is 9.52 Å². The van der Waals surface area contributed by atoms with Gasteiger partial charge in [-0.1, -0.05) is 0 Å². The van der Waals surface area contributed by atoms with Crippen LogP contribution in [0.1, 0.15) is 17.3 Å². The lowest BCUT2D eigenvalue weighted by atomic mass is 10.2. The lowest BCUT2D eigenvalue weighted by Gasteiger charge is -2.26. The Balaban J connectivity index is 1.70. The smallest absolute Gasteiger partial charge is 0.261 e. The second kappa shape index (κ2) is 8.41. The molecule has 1 aliphatic rings.